The molecule has 0 amide bonds. The van der Waals surface area contributed by atoms with Gasteiger partial charge in [0.05, 0.1) is 5.60 Å². The van der Waals surface area contributed by atoms with Crippen molar-refractivity contribution in [3.05, 3.63) is 83.9 Å². The Balaban J connectivity index is 0.00000225. The van der Waals surface area contributed by atoms with Crippen LogP contribution in [-0.4, -0.2) is 24.1 Å². The molecule has 0 heterocycles. The summed E-state index contributed by atoms with van der Waals surface area (Å²) in [4.78, 5) is 2.28. The molecule has 0 spiro atoms. The number of benzene rings is 3. The second kappa shape index (κ2) is 8.65. The quantitative estimate of drug-likeness (QED) is 0.590. The Morgan fingerprint density at radius 3 is 2.32 bits per heavy atom. The van der Waals surface area contributed by atoms with E-state index in [4.69, 9.17) is 0 Å². The number of fused-ring (bicyclic) bond motifs is 1. The van der Waals surface area contributed by atoms with E-state index < -0.39 is 5.60 Å². The van der Waals surface area contributed by atoms with Gasteiger partial charge in [0, 0.05) is 12.0 Å². The molecule has 0 bridgehead atoms. The van der Waals surface area contributed by atoms with Gasteiger partial charge in [-0.25, -0.2) is 0 Å². The van der Waals surface area contributed by atoms with E-state index in [2.05, 4.69) is 91.8 Å². The highest BCUT2D eigenvalue weighted by molar-refractivity contribution is 5.86. The van der Waals surface area contributed by atoms with Gasteiger partial charge in [0.2, 0.25) is 0 Å². The van der Waals surface area contributed by atoms with Gasteiger partial charge in [-0.2, -0.15) is 0 Å². The zero-order valence-corrected chi connectivity index (χ0v) is 17.5. The minimum Gasteiger partial charge on any atom is -0.385 e. The van der Waals surface area contributed by atoms with E-state index in [1.165, 1.54) is 22.8 Å². The summed E-state index contributed by atoms with van der Waals surface area (Å²) in [5.74, 6) is 0.162. The molecule has 1 fully saturated rings. The summed E-state index contributed by atoms with van der Waals surface area (Å²) in [7, 11) is 4.27. The fourth-order valence-corrected chi connectivity index (χ4v) is 5.08. The van der Waals surface area contributed by atoms with E-state index in [0.29, 0.717) is 0 Å². The molecular formula is C25H30ClNO. The van der Waals surface area contributed by atoms with Crippen LogP contribution >= 0.6 is 12.4 Å². The molecule has 28 heavy (non-hydrogen) atoms. The summed E-state index contributed by atoms with van der Waals surface area (Å²) in [5, 5.41) is 14.5. The molecule has 3 aromatic carbocycles. The molecule has 0 radical (unpaired) electrons. The second-order valence-corrected chi connectivity index (χ2v) is 8.12. The Bertz CT molecular complexity index is 905. The molecule has 3 atom stereocenters. The fraction of sp³-hybridized carbons (Fsp3) is 0.360. The third kappa shape index (κ3) is 3.69. The zero-order chi connectivity index (χ0) is 18.9. The Labute approximate surface area is 174 Å². The van der Waals surface area contributed by atoms with Crippen LogP contribution in [0.25, 0.3) is 10.8 Å². The fourth-order valence-electron chi connectivity index (χ4n) is 5.08. The molecule has 3 heteroatoms. The summed E-state index contributed by atoms with van der Waals surface area (Å²) >= 11 is 0. The largest absolute Gasteiger partial charge is 0.385 e. The third-order valence-corrected chi connectivity index (χ3v) is 6.27. The van der Waals surface area contributed by atoms with Crippen molar-refractivity contribution in [3.8, 4) is 0 Å². The second-order valence-electron chi connectivity index (χ2n) is 8.12. The third-order valence-electron chi connectivity index (χ3n) is 6.27. The van der Waals surface area contributed by atoms with Crippen LogP contribution in [0.1, 0.15) is 42.9 Å². The highest BCUT2D eigenvalue weighted by Gasteiger charge is 2.46. The van der Waals surface area contributed by atoms with Gasteiger partial charge in [-0.15, -0.1) is 12.4 Å². The van der Waals surface area contributed by atoms with Gasteiger partial charge in [-0.05, 0) is 48.8 Å². The lowest BCUT2D eigenvalue weighted by Gasteiger charge is -2.47. The standard InChI is InChI=1S/C25H29NO.ClH/c1-26(2)24(20-12-4-3-5-13-20)23-16-8-9-18-25(23,27)22-17-10-14-19-11-6-7-15-21(19)22;/h3-7,10-15,17,23-24,27H,8-9,16,18H2,1-2H3;1H. The predicted octanol–water partition coefficient (Wildman–Crippen LogP) is 5.94. The van der Waals surface area contributed by atoms with Crippen LogP contribution < -0.4 is 0 Å². The van der Waals surface area contributed by atoms with Crippen LogP contribution in [0.3, 0.4) is 0 Å². The van der Waals surface area contributed by atoms with Crippen LogP contribution in [-0.2, 0) is 5.60 Å². The van der Waals surface area contributed by atoms with Crippen molar-refractivity contribution in [1.29, 1.82) is 0 Å². The van der Waals surface area contributed by atoms with Crippen molar-refractivity contribution in [2.75, 3.05) is 14.1 Å². The maximum Gasteiger partial charge on any atom is 0.0948 e. The lowest BCUT2D eigenvalue weighted by molar-refractivity contribution is -0.0827. The molecule has 3 unspecified atom stereocenters. The summed E-state index contributed by atoms with van der Waals surface area (Å²) < 4.78 is 0. The first kappa shape index (κ1) is 20.9. The molecule has 148 valence electrons. The summed E-state index contributed by atoms with van der Waals surface area (Å²) in [6, 6.07) is 25.7. The van der Waals surface area contributed by atoms with Gasteiger partial charge >= 0.3 is 0 Å². The molecule has 0 aromatic heterocycles. The minimum atomic E-state index is -0.816. The lowest BCUT2D eigenvalue weighted by Crippen LogP contribution is -2.45. The molecule has 1 aliphatic rings. The van der Waals surface area contributed by atoms with Crippen molar-refractivity contribution in [2.45, 2.75) is 37.3 Å². The van der Waals surface area contributed by atoms with E-state index in [1.807, 2.05) is 0 Å². The molecule has 3 aromatic rings. The number of rotatable bonds is 4. The first-order valence-corrected chi connectivity index (χ1v) is 10.0. The summed E-state index contributed by atoms with van der Waals surface area (Å²) in [6.45, 7) is 0. The Kier molecular flexibility index (Phi) is 6.44. The van der Waals surface area contributed by atoms with Crippen LogP contribution in [0.5, 0.6) is 0 Å². The predicted molar refractivity (Wildman–Crippen MR) is 120 cm³/mol. The van der Waals surface area contributed by atoms with E-state index in [1.54, 1.807) is 0 Å². The Morgan fingerprint density at radius 2 is 1.57 bits per heavy atom. The van der Waals surface area contributed by atoms with E-state index in [0.717, 1.165) is 24.8 Å². The van der Waals surface area contributed by atoms with Crippen molar-refractivity contribution in [2.24, 2.45) is 5.92 Å². The number of aliphatic hydroxyl groups is 1. The van der Waals surface area contributed by atoms with Gasteiger partial charge in [0.1, 0.15) is 0 Å². The SMILES string of the molecule is CN(C)C(c1ccccc1)C1CCCCC1(O)c1cccc2ccccc12.Cl. The minimum absolute atomic E-state index is 0. The average Bonchev–Trinajstić information content (AvgIpc) is 2.70. The van der Waals surface area contributed by atoms with Crippen LogP contribution in [0.15, 0.2) is 72.8 Å². The molecule has 1 N–H and O–H groups in total. The number of hydrogen-bond acceptors (Lipinski definition) is 2. The number of nitrogens with zero attached hydrogens (tertiary/aromatic N) is 1. The van der Waals surface area contributed by atoms with Gasteiger partial charge in [-0.3, -0.25) is 0 Å². The van der Waals surface area contributed by atoms with E-state index >= 15 is 0 Å². The van der Waals surface area contributed by atoms with E-state index in [9.17, 15) is 5.11 Å². The smallest absolute Gasteiger partial charge is 0.0948 e. The van der Waals surface area contributed by atoms with Crippen molar-refractivity contribution in [3.63, 3.8) is 0 Å². The van der Waals surface area contributed by atoms with Gasteiger partial charge in [-0.1, -0.05) is 85.6 Å². The van der Waals surface area contributed by atoms with Crippen molar-refractivity contribution < 1.29 is 5.11 Å². The first-order chi connectivity index (χ1) is 13.1. The van der Waals surface area contributed by atoms with Crippen LogP contribution in [0.2, 0.25) is 0 Å². The highest BCUT2D eigenvalue weighted by Crippen LogP contribution is 2.50. The molecule has 1 saturated carbocycles. The topological polar surface area (TPSA) is 23.5 Å². The summed E-state index contributed by atoms with van der Waals surface area (Å²) in [6.07, 6.45) is 4.11. The normalized spacial score (nSPS) is 23.4. The maximum atomic E-state index is 12.2. The molecule has 4 rings (SSSR count). The zero-order valence-electron chi connectivity index (χ0n) is 16.7. The Hall–Kier alpha value is -1.87. The van der Waals surface area contributed by atoms with Gasteiger partial charge < -0.3 is 10.0 Å². The van der Waals surface area contributed by atoms with Crippen LogP contribution in [0, 0.1) is 5.92 Å². The molecule has 1 aliphatic carbocycles. The maximum absolute atomic E-state index is 12.2. The summed E-state index contributed by atoms with van der Waals surface area (Å²) in [5.41, 5.74) is 1.56. The van der Waals surface area contributed by atoms with Crippen molar-refractivity contribution in [1.82, 2.24) is 4.90 Å². The van der Waals surface area contributed by atoms with Gasteiger partial charge in [0.15, 0.2) is 0 Å². The molecule has 0 saturated heterocycles. The number of hydrogen-bond donors (Lipinski definition) is 1. The monoisotopic (exact) mass is 395 g/mol. The van der Waals surface area contributed by atoms with Crippen LogP contribution in [0.4, 0.5) is 0 Å². The molecule has 0 aliphatic heterocycles. The number of halogens is 1. The highest BCUT2D eigenvalue weighted by atomic mass is 35.5. The first-order valence-electron chi connectivity index (χ1n) is 10.0. The molecule has 2 nitrogen and oxygen atoms in total. The average molecular weight is 396 g/mol. The lowest BCUT2D eigenvalue weighted by atomic mass is 9.66. The van der Waals surface area contributed by atoms with Crippen molar-refractivity contribution >= 4 is 23.2 Å². The Morgan fingerprint density at radius 1 is 0.893 bits per heavy atom. The molecular weight excluding hydrogens is 366 g/mol. The van der Waals surface area contributed by atoms with Gasteiger partial charge in [0.25, 0.3) is 0 Å². The van der Waals surface area contributed by atoms with E-state index in [-0.39, 0.29) is 24.4 Å².